The maximum atomic E-state index is 10.8. The van der Waals surface area contributed by atoms with Crippen LogP contribution in [0.5, 0.6) is 0 Å². The van der Waals surface area contributed by atoms with E-state index >= 15 is 0 Å². The van der Waals surface area contributed by atoms with E-state index < -0.39 is 30.2 Å². The fourth-order valence-electron chi connectivity index (χ4n) is 3.66. The van der Waals surface area contributed by atoms with E-state index in [9.17, 15) is 15.0 Å². The van der Waals surface area contributed by atoms with E-state index in [1.54, 1.807) is 0 Å². The van der Waals surface area contributed by atoms with Crippen LogP contribution in [0.1, 0.15) is 29.5 Å². The van der Waals surface area contributed by atoms with Crippen molar-refractivity contribution in [3.8, 4) is 0 Å². The number of aliphatic carboxylic acids is 1. The molecule has 0 radical (unpaired) electrons. The highest BCUT2D eigenvalue weighted by Gasteiger charge is 2.38. The van der Waals surface area contributed by atoms with E-state index in [1.807, 2.05) is 91.0 Å². The summed E-state index contributed by atoms with van der Waals surface area (Å²) >= 11 is 0. The van der Waals surface area contributed by atoms with Gasteiger partial charge in [0.15, 0.2) is 0 Å². The number of carboxylic acid groups (broad SMARTS) is 1. The van der Waals surface area contributed by atoms with Gasteiger partial charge in [0.1, 0.15) is 5.60 Å². The molecule has 0 aliphatic heterocycles. The van der Waals surface area contributed by atoms with Crippen LogP contribution in [-0.4, -0.2) is 40.1 Å². The molecule has 5 nitrogen and oxygen atoms in total. The molecule has 0 fully saturated rings. The molecule has 0 aliphatic carbocycles. The zero-order valence-electron chi connectivity index (χ0n) is 16.6. The van der Waals surface area contributed by atoms with E-state index in [1.165, 1.54) is 0 Å². The Morgan fingerprint density at radius 3 is 1.50 bits per heavy atom. The highest BCUT2D eigenvalue weighted by molar-refractivity contribution is 5.67. The Morgan fingerprint density at radius 1 is 0.733 bits per heavy atom. The lowest BCUT2D eigenvalue weighted by Crippen LogP contribution is -2.36. The molecule has 156 valence electrons. The zero-order chi connectivity index (χ0) is 21.4. The Morgan fingerprint density at radius 2 is 1.13 bits per heavy atom. The number of aliphatic hydroxyl groups excluding tert-OH is 2. The van der Waals surface area contributed by atoms with Crippen molar-refractivity contribution in [2.75, 3.05) is 6.61 Å². The number of hydrogen-bond donors (Lipinski definition) is 3. The van der Waals surface area contributed by atoms with Crippen molar-refractivity contribution in [3.63, 3.8) is 0 Å². The van der Waals surface area contributed by atoms with Crippen LogP contribution in [0, 0.1) is 0 Å². The van der Waals surface area contributed by atoms with Gasteiger partial charge in [-0.25, -0.2) is 0 Å². The molecule has 3 rings (SSSR count). The smallest absolute Gasteiger partial charge is 0.305 e. The average Bonchev–Trinajstić information content (AvgIpc) is 2.76. The second kappa shape index (κ2) is 10.2. The van der Waals surface area contributed by atoms with E-state index in [2.05, 4.69) is 0 Å². The Kier molecular flexibility index (Phi) is 7.36. The minimum Gasteiger partial charge on any atom is -0.481 e. The maximum absolute atomic E-state index is 10.8. The van der Waals surface area contributed by atoms with Crippen LogP contribution in [0.2, 0.25) is 0 Å². The van der Waals surface area contributed by atoms with E-state index in [0.717, 1.165) is 16.7 Å². The van der Waals surface area contributed by atoms with E-state index in [0.29, 0.717) is 0 Å². The maximum Gasteiger partial charge on any atom is 0.305 e. The van der Waals surface area contributed by atoms with Gasteiger partial charge in [0.05, 0.1) is 25.2 Å². The number of carbonyl (C=O) groups is 1. The summed E-state index contributed by atoms with van der Waals surface area (Å²) < 4.78 is 6.45. The molecule has 0 spiro atoms. The number of carboxylic acids is 1. The van der Waals surface area contributed by atoms with Crippen molar-refractivity contribution >= 4 is 5.97 Å². The van der Waals surface area contributed by atoms with Gasteiger partial charge in [-0.3, -0.25) is 4.79 Å². The first kappa shape index (κ1) is 21.7. The SMILES string of the molecule is O=C(O)C[C@H](O)C[C@H](O)COC(c1ccccc1)(c1ccccc1)c1ccccc1. The number of rotatable bonds is 10. The average molecular weight is 406 g/mol. The fourth-order valence-corrected chi connectivity index (χ4v) is 3.66. The zero-order valence-corrected chi connectivity index (χ0v) is 16.6. The van der Waals surface area contributed by atoms with Gasteiger partial charge in [-0.1, -0.05) is 91.0 Å². The third-order valence-electron chi connectivity index (χ3n) is 4.99. The van der Waals surface area contributed by atoms with Crippen LogP contribution in [0.25, 0.3) is 0 Å². The minimum absolute atomic E-state index is 0.0740. The number of ether oxygens (including phenoxy) is 1. The van der Waals surface area contributed by atoms with Gasteiger partial charge >= 0.3 is 5.97 Å². The molecule has 0 bridgehead atoms. The summed E-state index contributed by atoms with van der Waals surface area (Å²) in [5.41, 5.74) is 1.74. The van der Waals surface area contributed by atoms with E-state index in [4.69, 9.17) is 9.84 Å². The second-order valence-electron chi connectivity index (χ2n) is 7.23. The molecule has 3 N–H and O–H groups in total. The van der Waals surface area contributed by atoms with Gasteiger partial charge in [0, 0.05) is 6.42 Å². The predicted molar refractivity (Wildman–Crippen MR) is 114 cm³/mol. The monoisotopic (exact) mass is 406 g/mol. The summed E-state index contributed by atoms with van der Waals surface area (Å²) in [4.78, 5) is 10.8. The summed E-state index contributed by atoms with van der Waals surface area (Å²) in [5, 5.41) is 29.2. The largest absolute Gasteiger partial charge is 0.481 e. The first-order valence-corrected chi connectivity index (χ1v) is 9.91. The molecule has 0 aromatic heterocycles. The molecule has 0 unspecified atom stereocenters. The fraction of sp³-hybridized carbons (Fsp3) is 0.240. The van der Waals surface area contributed by atoms with Gasteiger partial charge in [-0.05, 0) is 16.7 Å². The van der Waals surface area contributed by atoms with Crippen molar-refractivity contribution in [1.29, 1.82) is 0 Å². The molecular formula is C25H26O5. The van der Waals surface area contributed by atoms with Crippen LogP contribution in [0.3, 0.4) is 0 Å². The first-order chi connectivity index (χ1) is 14.5. The Hall–Kier alpha value is -2.99. The number of aliphatic hydroxyl groups is 2. The van der Waals surface area contributed by atoms with Crippen molar-refractivity contribution in [3.05, 3.63) is 108 Å². The highest BCUT2D eigenvalue weighted by atomic mass is 16.5. The van der Waals surface area contributed by atoms with Crippen molar-refractivity contribution in [1.82, 2.24) is 0 Å². The highest BCUT2D eigenvalue weighted by Crippen LogP contribution is 2.40. The normalized spacial score (nSPS) is 13.5. The molecule has 3 aromatic rings. The van der Waals surface area contributed by atoms with Gasteiger partial charge in [0.25, 0.3) is 0 Å². The Bertz CT molecular complexity index is 815. The standard InChI is InChI=1S/C25H26O5/c26-22(17-24(28)29)16-23(27)18-30-25(19-10-4-1-5-11-19,20-12-6-2-7-13-20)21-14-8-3-9-15-21/h1-15,22-23,26-27H,16-18H2,(H,28,29)/t22-,23+/m1/s1. The van der Waals surface area contributed by atoms with Crippen molar-refractivity contribution in [2.24, 2.45) is 0 Å². The van der Waals surface area contributed by atoms with Crippen LogP contribution in [-0.2, 0) is 15.1 Å². The Balaban J connectivity index is 1.98. The van der Waals surface area contributed by atoms with Crippen LogP contribution in [0.15, 0.2) is 91.0 Å². The molecule has 0 heterocycles. The second-order valence-corrected chi connectivity index (χ2v) is 7.23. The van der Waals surface area contributed by atoms with Gasteiger partial charge in [-0.15, -0.1) is 0 Å². The van der Waals surface area contributed by atoms with Crippen molar-refractivity contribution in [2.45, 2.75) is 30.7 Å². The Labute approximate surface area is 176 Å². The number of hydrogen-bond acceptors (Lipinski definition) is 4. The molecule has 2 atom stereocenters. The van der Waals surface area contributed by atoms with Gasteiger partial charge < -0.3 is 20.1 Å². The molecule has 0 saturated heterocycles. The van der Waals surface area contributed by atoms with Gasteiger partial charge in [0.2, 0.25) is 0 Å². The molecule has 3 aromatic carbocycles. The summed E-state index contributed by atoms with van der Waals surface area (Å²) in [7, 11) is 0. The molecule has 30 heavy (non-hydrogen) atoms. The molecular weight excluding hydrogens is 380 g/mol. The number of benzene rings is 3. The van der Waals surface area contributed by atoms with Crippen LogP contribution < -0.4 is 0 Å². The molecule has 0 aliphatic rings. The van der Waals surface area contributed by atoms with Gasteiger partial charge in [-0.2, -0.15) is 0 Å². The van der Waals surface area contributed by atoms with E-state index in [-0.39, 0.29) is 13.0 Å². The third-order valence-corrected chi connectivity index (χ3v) is 4.99. The lowest BCUT2D eigenvalue weighted by atomic mass is 9.80. The summed E-state index contributed by atoms with van der Waals surface area (Å²) in [6.07, 6.45) is -2.66. The molecule has 5 heteroatoms. The summed E-state index contributed by atoms with van der Waals surface area (Å²) in [6.45, 7) is -0.0740. The molecule has 0 amide bonds. The summed E-state index contributed by atoms with van der Waals surface area (Å²) in [5.74, 6) is -1.11. The quantitative estimate of drug-likeness (QED) is 0.448. The minimum atomic E-state index is -1.14. The lowest BCUT2D eigenvalue weighted by Gasteiger charge is -2.36. The topological polar surface area (TPSA) is 87.0 Å². The van der Waals surface area contributed by atoms with Crippen LogP contribution >= 0.6 is 0 Å². The molecule has 0 saturated carbocycles. The summed E-state index contributed by atoms with van der Waals surface area (Å²) in [6, 6.07) is 29.3. The third kappa shape index (κ3) is 5.13. The van der Waals surface area contributed by atoms with Crippen molar-refractivity contribution < 1.29 is 24.9 Å². The first-order valence-electron chi connectivity index (χ1n) is 9.91. The lowest BCUT2D eigenvalue weighted by molar-refractivity contribution is -0.139. The van der Waals surface area contributed by atoms with Crippen LogP contribution in [0.4, 0.5) is 0 Å². The predicted octanol–water partition coefficient (Wildman–Crippen LogP) is 3.58.